The summed E-state index contributed by atoms with van der Waals surface area (Å²) in [5.41, 5.74) is 0.188. The lowest BCUT2D eigenvalue weighted by molar-refractivity contribution is -0.0584. The van der Waals surface area contributed by atoms with Gasteiger partial charge >= 0.3 is 6.18 Å². The third-order valence-electron chi connectivity index (χ3n) is 3.95. The van der Waals surface area contributed by atoms with Crippen molar-refractivity contribution in [3.63, 3.8) is 0 Å². The van der Waals surface area contributed by atoms with Gasteiger partial charge in [0.2, 0.25) is 0 Å². The number of rotatable bonds is 2. The van der Waals surface area contributed by atoms with E-state index in [4.69, 9.17) is 0 Å². The van der Waals surface area contributed by atoms with Gasteiger partial charge in [-0.1, -0.05) is 12.5 Å². The molecule has 102 valence electrons. The Morgan fingerprint density at radius 2 is 2.11 bits per heavy atom. The Morgan fingerprint density at radius 3 is 2.67 bits per heavy atom. The van der Waals surface area contributed by atoms with Gasteiger partial charge in [-0.2, -0.15) is 13.2 Å². The molecule has 0 radical (unpaired) electrons. The second-order valence-corrected chi connectivity index (χ2v) is 5.32. The normalized spacial score (nSPS) is 33.3. The zero-order valence-electron chi connectivity index (χ0n) is 10.7. The summed E-state index contributed by atoms with van der Waals surface area (Å²) in [5.74, 6) is 0.579. The molecular weight excluding hydrogens is 241 g/mol. The molecule has 2 nitrogen and oxygen atoms in total. The van der Waals surface area contributed by atoms with Gasteiger partial charge in [-0.25, -0.2) is 0 Å². The van der Waals surface area contributed by atoms with Crippen molar-refractivity contribution in [1.82, 2.24) is 5.32 Å². The fourth-order valence-corrected chi connectivity index (χ4v) is 2.61. The van der Waals surface area contributed by atoms with E-state index in [2.05, 4.69) is 10.3 Å². The van der Waals surface area contributed by atoms with Gasteiger partial charge in [0, 0.05) is 0 Å². The third kappa shape index (κ3) is 2.94. The van der Waals surface area contributed by atoms with Crippen LogP contribution in [0.4, 0.5) is 13.2 Å². The molecule has 0 aromatic carbocycles. The summed E-state index contributed by atoms with van der Waals surface area (Å²) >= 11 is 0. The van der Waals surface area contributed by atoms with E-state index in [0.717, 1.165) is 31.5 Å². The van der Waals surface area contributed by atoms with Crippen LogP contribution in [0, 0.1) is 11.8 Å². The smallest absolute Gasteiger partial charge is 0.316 e. The van der Waals surface area contributed by atoms with Crippen LogP contribution in [0.1, 0.15) is 26.7 Å². The molecule has 5 heteroatoms. The van der Waals surface area contributed by atoms with E-state index in [9.17, 15) is 13.2 Å². The van der Waals surface area contributed by atoms with E-state index in [1.54, 1.807) is 6.92 Å². The summed E-state index contributed by atoms with van der Waals surface area (Å²) in [6.07, 6.45) is -1.25. The molecule has 2 aliphatic rings. The fourth-order valence-electron chi connectivity index (χ4n) is 2.61. The van der Waals surface area contributed by atoms with Crippen molar-refractivity contribution < 1.29 is 13.2 Å². The van der Waals surface area contributed by atoms with Gasteiger partial charge in [-0.15, -0.1) is 0 Å². The second-order valence-electron chi connectivity index (χ2n) is 5.32. The highest BCUT2D eigenvalue weighted by Crippen LogP contribution is 2.33. The summed E-state index contributed by atoms with van der Waals surface area (Å²) < 4.78 is 38.2. The molecule has 2 heterocycles. The van der Waals surface area contributed by atoms with Crippen molar-refractivity contribution in [2.45, 2.75) is 38.9 Å². The van der Waals surface area contributed by atoms with Crippen LogP contribution in [-0.4, -0.2) is 31.0 Å². The van der Waals surface area contributed by atoms with Crippen LogP contribution < -0.4 is 5.32 Å². The van der Waals surface area contributed by atoms with E-state index in [1.807, 2.05) is 6.92 Å². The van der Waals surface area contributed by atoms with Gasteiger partial charge in [-0.3, -0.25) is 4.99 Å². The number of dihydropyridines is 1. The Hall–Kier alpha value is -0.840. The van der Waals surface area contributed by atoms with Crippen molar-refractivity contribution in [1.29, 1.82) is 0 Å². The molecule has 0 amide bonds. The highest BCUT2D eigenvalue weighted by atomic mass is 19.4. The van der Waals surface area contributed by atoms with E-state index < -0.39 is 11.9 Å². The highest BCUT2D eigenvalue weighted by Gasteiger charge is 2.38. The first-order valence-electron chi connectivity index (χ1n) is 6.44. The van der Waals surface area contributed by atoms with Crippen molar-refractivity contribution >= 4 is 5.71 Å². The standard InChI is InChI=1S/C13H19F3N2/c1-8-9(2)18-12(13(14,15)16)6-11(8)5-10-3-4-17-7-10/h6,8-10,17H,3-5,7H2,1-2H3. The molecule has 1 fully saturated rings. The predicted octanol–water partition coefficient (Wildman–Crippen LogP) is 2.95. The maximum atomic E-state index is 12.7. The van der Waals surface area contributed by atoms with Crippen molar-refractivity contribution in [3.8, 4) is 0 Å². The first-order valence-corrected chi connectivity index (χ1v) is 6.44. The monoisotopic (exact) mass is 260 g/mol. The highest BCUT2D eigenvalue weighted by molar-refractivity contribution is 6.00. The summed E-state index contributed by atoms with van der Waals surface area (Å²) in [5, 5.41) is 3.25. The fraction of sp³-hybridized carbons (Fsp3) is 0.769. The minimum Gasteiger partial charge on any atom is -0.316 e. The average Bonchev–Trinajstić information content (AvgIpc) is 2.75. The number of hydrogen-bond acceptors (Lipinski definition) is 2. The van der Waals surface area contributed by atoms with Crippen LogP contribution >= 0.6 is 0 Å². The van der Waals surface area contributed by atoms with Gasteiger partial charge < -0.3 is 5.32 Å². The van der Waals surface area contributed by atoms with E-state index in [-0.39, 0.29) is 12.0 Å². The molecule has 0 bridgehead atoms. The Kier molecular flexibility index (Phi) is 3.80. The van der Waals surface area contributed by atoms with Crippen LogP contribution in [0.25, 0.3) is 0 Å². The molecule has 0 spiro atoms. The van der Waals surface area contributed by atoms with Crippen molar-refractivity contribution in [3.05, 3.63) is 11.6 Å². The van der Waals surface area contributed by atoms with E-state index in [0.29, 0.717) is 5.92 Å². The van der Waals surface area contributed by atoms with Crippen molar-refractivity contribution in [2.24, 2.45) is 16.8 Å². The van der Waals surface area contributed by atoms with Crippen molar-refractivity contribution in [2.75, 3.05) is 13.1 Å². The molecular formula is C13H19F3N2. The molecule has 1 N–H and O–H groups in total. The maximum Gasteiger partial charge on any atom is 0.432 e. The minimum absolute atomic E-state index is 0.108. The zero-order chi connectivity index (χ0) is 13.3. The number of nitrogens with zero attached hydrogens (tertiary/aromatic N) is 1. The Bertz CT molecular complexity index is 365. The molecule has 0 aliphatic carbocycles. The molecule has 2 rings (SSSR count). The van der Waals surface area contributed by atoms with Gasteiger partial charge in [0.05, 0.1) is 6.04 Å². The molecule has 0 saturated carbocycles. The summed E-state index contributed by atoms with van der Waals surface area (Å²) in [4.78, 5) is 3.76. The Balaban J connectivity index is 2.15. The lowest BCUT2D eigenvalue weighted by atomic mass is 9.84. The first kappa shape index (κ1) is 13.6. The number of nitrogens with one attached hydrogen (secondary N) is 1. The molecule has 2 aliphatic heterocycles. The molecule has 18 heavy (non-hydrogen) atoms. The first-order chi connectivity index (χ1) is 8.38. The van der Waals surface area contributed by atoms with E-state index >= 15 is 0 Å². The van der Waals surface area contributed by atoms with Crippen LogP contribution in [0.5, 0.6) is 0 Å². The third-order valence-corrected chi connectivity index (χ3v) is 3.95. The Morgan fingerprint density at radius 1 is 1.39 bits per heavy atom. The largest absolute Gasteiger partial charge is 0.432 e. The summed E-state index contributed by atoms with van der Waals surface area (Å²) in [7, 11) is 0. The van der Waals surface area contributed by atoms with Gasteiger partial charge in [0.1, 0.15) is 5.71 Å². The Labute approximate surface area is 105 Å². The lowest BCUT2D eigenvalue weighted by Gasteiger charge is -2.27. The molecule has 3 atom stereocenters. The molecule has 0 aromatic rings. The predicted molar refractivity (Wildman–Crippen MR) is 65.8 cm³/mol. The quantitative estimate of drug-likeness (QED) is 0.811. The number of halogens is 3. The molecule has 1 saturated heterocycles. The molecule has 0 aromatic heterocycles. The summed E-state index contributed by atoms with van der Waals surface area (Å²) in [6, 6.07) is -0.281. The lowest BCUT2D eigenvalue weighted by Crippen LogP contribution is -2.30. The van der Waals surface area contributed by atoms with Crippen LogP contribution in [0.2, 0.25) is 0 Å². The maximum absolute atomic E-state index is 12.7. The number of hydrogen-bond donors (Lipinski definition) is 1. The SMILES string of the molecule is CC1N=C(C(F)(F)F)C=C(CC2CCNC2)C1C. The number of aliphatic imine (C=N–C) groups is 1. The molecule has 3 unspecified atom stereocenters. The average molecular weight is 260 g/mol. The van der Waals surface area contributed by atoms with Crippen LogP contribution in [0.3, 0.4) is 0 Å². The summed E-state index contributed by atoms with van der Waals surface area (Å²) in [6.45, 7) is 5.62. The topological polar surface area (TPSA) is 24.4 Å². The van der Waals surface area contributed by atoms with Gasteiger partial charge in [0.25, 0.3) is 0 Å². The number of alkyl halides is 3. The van der Waals surface area contributed by atoms with Gasteiger partial charge in [-0.05, 0) is 50.8 Å². The van der Waals surface area contributed by atoms with Gasteiger partial charge in [0.15, 0.2) is 0 Å². The van der Waals surface area contributed by atoms with Crippen LogP contribution in [0.15, 0.2) is 16.6 Å². The van der Waals surface area contributed by atoms with Crippen LogP contribution in [-0.2, 0) is 0 Å². The van der Waals surface area contributed by atoms with E-state index in [1.165, 1.54) is 6.08 Å². The second kappa shape index (κ2) is 5.03. The number of allylic oxidation sites excluding steroid dienone is 1. The zero-order valence-corrected chi connectivity index (χ0v) is 10.7. The minimum atomic E-state index is -4.33.